The maximum Gasteiger partial charge on any atom is 0.244 e. The number of anilines is 1. The highest BCUT2D eigenvalue weighted by molar-refractivity contribution is 7.92. The first-order valence-electron chi connectivity index (χ1n) is 12.5. The number of hydrogen-bond acceptors (Lipinski definition) is 4. The predicted octanol–water partition coefficient (Wildman–Crippen LogP) is 4.58. The summed E-state index contributed by atoms with van der Waals surface area (Å²) < 4.78 is 26.7. The van der Waals surface area contributed by atoms with Crippen molar-refractivity contribution in [1.29, 1.82) is 0 Å². The first-order chi connectivity index (χ1) is 18.1. The highest BCUT2D eigenvalue weighted by Gasteiger charge is 2.32. The first kappa shape index (κ1) is 29.2. The van der Waals surface area contributed by atoms with Crippen molar-refractivity contribution in [2.24, 2.45) is 0 Å². The SMILES string of the molecule is CCCNC(=O)[C@H](Cc1ccccc1)N(Cc1ccc(Cl)cc1)C(=O)CN(c1cccc(C)c1)S(C)(=O)=O. The van der Waals surface area contributed by atoms with Gasteiger partial charge >= 0.3 is 0 Å². The largest absolute Gasteiger partial charge is 0.354 e. The van der Waals surface area contributed by atoms with Crippen molar-refractivity contribution in [2.45, 2.75) is 39.3 Å². The molecule has 0 aliphatic heterocycles. The summed E-state index contributed by atoms with van der Waals surface area (Å²) >= 11 is 6.07. The number of benzene rings is 3. The van der Waals surface area contributed by atoms with E-state index < -0.39 is 28.5 Å². The Bertz CT molecular complexity index is 1330. The van der Waals surface area contributed by atoms with Gasteiger partial charge in [0.1, 0.15) is 12.6 Å². The van der Waals surface area contributed by atoms with E-state index in [-0.39, 0.29) is 18.9 Å². The van der Waals surface area contributed by atoms with Crippen LogP contribution < -0.4 is 9.62 Å². The summed E-state index contributed by atoms with van der Waals surface area (Å²) in [4.78, 5) is 28.9. The van der Waals surface area contributed by atoms with Crippen LogP contribution in [-0.4, -0.2) is 50.5 Å². The van der Waals surface area contributed by atoms with Crippen molar-refractivity contribution < 1.29 is 18.0 Å². The van der Waals surface area contributed by atoms with Gasteiger partial charge in [0.25, 0.3) is 0 Å². The van der Waals surface area contributed by atoms with E-state index >= 15 is 0 Å². The first-order valence-corrected chi connectivity index (χ1v) is 14.7. The van der Waals surface area contributed by atoms with Crippen molar-refractivity contribution in [3.63, 3.8) is 0 Å². The number of nitrogens with zero attached hydrogens (tertiary/aromatic N) is 2. The highest BCUT2D eigenvalue weighted by Crippen LogP contribution is 2.22. The maximum atomic E-state index is 14.0. The Morgan fingerprint density at radius 1 is 0.947 bits per heavy atom. The number of carbonyl (C=O) groups excluding carboxylic acids is 2. The van der Waals surface area contributed by atoms with Gasteiger partial charge in [-0.2, -0.15) is 0 Å². The molecule has 1 N–H and O–H groups in total. The van der Waals surface area contributed by atoms with Gasteiger partial charge in [-0.15, -0.1) is 0 Å². The summed E-state index contributed by atoms with van der Waals surface area (Å²) in [6, 6.07) is 22.6. The number of hydrogen-bond donors (Lipinski definition) is 1. The van der Waals surface area contributed by atoms with Gasteiger partial charge < -0.3 is 10.2 Å². The Balaban J connectivity index is 2.03. The third kappa shape index (κ3) is 8.33. The smallest absolute Gasteiger partial charge is 0.244 e. The molecule has 38 heavy (non-hydrogen) atoms. The molecular weight excluding hydrogens is 522 g/mol. The number of sulfonamides is 1. The molecule has 7 nitrogen and oxygen atoms in total. The Morgan fingerprint density at radius 2 is 1.63 bits per heavy atom. The molecule has 9 heteroatoms. The highest BCUT2D eigenvalue weighted by atomic mass is 35.5. The van der Waals surface area contributed by atoms with Gasteiger partial charge in [-0.05, 0) is 54.3 Å². The maximum absolute atomic E-state index is 14.0. The monoisotopic (exact) mass is 555 g/mol. The molecule has 3 aromatic rings. The number of aryl methyl sites for hydroxylation is 1. The van der Waals surface area contributed by atoms with Crippen LogP contribution in [0.2, 0.25) is 5.02 Å². The topological polar surface area (TPSA) is 86.8 Å². The van der Waals surface area contributed by atoms with Crippen LogP contribution in [-0.2, 0) is 32.6 Å². The molecule has 1 atom stereocenters. The molecule has 0 aliphatic carbocycles. The number of halogens is 1. The Kier molecular flexibility index (Phi) is 10.3. The van der Waals surface area contributed by atoms with Crippen LogP contribution in [0.25, 0.3) is 0 Å². The molecule has 0 spiro atoms. The lowest BCUT2D eigenvalue weighted by atomic mass is 10.0. The molecule has 3 aromatic carbocycles. The van der Waals surface area contributed by atoms with E-state index in [9.17, 15) is 18.0 Å². The minimum atomic E-state index is -3.79. The number of amides is 2. The molecule has 0 aromatic heterocycles. The van der Waals surface area contributed by atoms with E-state index in [1.54, 1.807) is 42.5 Å². The van der Waals surface area contributed by atoms with Gasteiger partial charge in [-0.1, -0.05) is 73.1 Å². The minimum Gasteiger partial charge on any atom is -0.354 e. The van der Waals surface area contributed by atoms with Crippen LogP contribution in [0.4, 0.5) is 5.69 Å². The van der Waals surface area contributed by atoms with E-state index in [0.29, 0.717) is 17.3 Å². The zero-order valence-electron chi connectivity index (χ0n) is 21.9. The quantitative estimate of drug-likeness (QED) is 0.354. The average Bonchev–Trinajstić information content (AvgIpc) is 2.88. The van der Waals surface area contributed by atoms with Crippen molar-refractivity contribution in [1.82, 2.24) is 10.2 Å². The van der Waals surface area contributed by atoms with Gasteiger partial charge in [0.15, 0.2) is 0 Å². The summed E-state index contributed by atoms with van der Waals surface area (Å²) in [6.45, 7) is 3.94. The van der Waals surface area contributed by atoms with Crippen LogP contribution in [0.15, 0.2) is 78.9 Å². The third-order valence-corrected chi connectivity index (χ3v) is 7.45. The summed E-state index contributed by atoms with van der Waals surface area (Å²) in [6.07, 6.45) is 2.09. The molecule has 2 amide bonds. The molecule has 0 radical (unpaired) electrons. The molecule has 0 unspecified atom stereocenters. The lowest BCUT2D eigenvalue weighted by Gasteiger charge is -2.33. The Hall–Kier alpha value is -3.36. The van der Waals surface area contributed by atoms with Gasteiger partial charge in [0.2, 0.25) is 21.8 Å². The Morgan fingerprint density at radius 3 is 2.24 bits per heavy atom. The van der Waals surface area contributed by atoms with E-state index in [1.165, 1.54) is 4.90 Å². The second-order valence-corrected chi connectivity index (χ2v) is 11.6. The predicted molar refractivity (Wildman–Crippen MR) is 153 cm³/mol. The molecule has 0 heterocycles. The lowest BCUT2D eigenvalue weighted by Crippen LogP contribution is -2.53. The summed E-state index contributed by atoms with van der Waals surface area (Å²) in [5, 5.41) is 3.47. The number of rotatable bonds is 12. The Labute approximate surface area is 230 Å². The van der Waals surface area contributed by atoms with E-state index in [2.05, 4.69) is 5.32 Å². The van der Waals surface area contributed by atoms with Crippen molar-refractivity contribution >= 4 is 39.1 Å². The van der Waals surface area contributed by atoms with E-state index in [0.717, 1.165) is 33.7 Å². The van der Waals surface area contributed by atoms with Crippen LogP contribution in [0, 0.1) is 6.92 Å². The van der Waals surface area contributed by atoms with Crippen LogP contribution in [0.1, 0.15) is 30.0 Å². The van der Waals surface area contributed by atoms with Crippen LogP contribution in [0.3, 0.4) is 0 Å². The van der Waals surface area contributed by atoms with Crippen LogP contribution >= 0.6 is 11.6 Å². The second-order valence-electron chi connectivity index (χ2n) is 9.25. The third-order valence-electron chi connectivity index (χ3n) is 6.06. The molecule has 0 bridgehead atoms. The van der Waals surface area contributed by atoms with Gasteiger partial charge in [0, 0.05) is 24.5 Å². The van der Waals surface area contributed by atoms with Crippen molar-refractivity contribution in [2.75, 3.05) is 23.7 Å². The van der Waals surface area contributed by atoms with Crippen molar-refractivity contribution in [3.8, 4) is 0 Å². The molecule has 202 valence electrons. The zero-order chi connectivity index (χ0) is 27.7. The molecular formula is C29H34ClN3O4S. The average molecular weight is 556 g/mol. The fourth-order valence-corrected chi connectivity index (χ4v) is 5.07. The van der Waals surface area contributed by atoms with Gasteiger partial charge in [-0.3, -0.25) is 13.9 Å². The summed E-state index contributed by atoms with van der Waals surface area (Å²) in [5.74, 6) is -0.779. The lowest BCUT2D eigenvalue weighted by molar-refractivity contribution is -0.140. The standard InChI is InChI=1S/C29H34ClN3O4S/c1-4-17-31-29(35)27(19-23-10-6-5-7-11-23)32(20-24-13-15-25(30)16-14-24)28(34)21-33(38(3,36)37)26-12-8-9-22(2)18-26/h5-16,18,27H,4,17,19-21H2,1-3H3,(H,31,35)/t27-/m0/s1. The van der Waals surface area contributed by atoms with Crippen LogP contribution in [0.5, 0.6) is 0 Å². The van der Waals surface area contributed by atoms with Gasteiger partial charge in [-0.25, -0.2) is 8.42 Å². The fourth-order valence-electron chi connectivity index (χ4n) is 4.10. The van der Waals surface area contributed by atoms with E-state index in [1.807, 2.05) is 50.2 Å². The number of carbonyl (C=O) groups is 2. The fraction of sp³-hybridized carbons (Fsp3) is 0.310. The molecule has 0 saturated carbocycles. The number of nitrogens with one attached hydrogen (secondary N) is 1. The molecule has 0 fully saturated rings. The second kappa shape index (κ2) is 13.4. The summed E-state index contributed by atoms with van der Waals surface area (Å²) in [7, 11) is -3.79. The molecule has 0 saturated heterocycles. The molecule has 3 rings (SSSR count). The zero-order valence-corrected chi connectivity index (χ0v) is 23.5. The van der Waals surface area contributed by atoms with Crippen molar-refractivity contribution in [3.05, 3.63) is 101 Å². The van der Waals surface area contributed by atoms with E-state index in [4.69, 9.17) is 11.6 Å². The minimum absolute atomic E-state index is 0.110. The van der Waals surface area contributed by atoms with Gasteiger partial charge in [0.05, 0.1) is 11.9 Å². The normalized spacial score (nSPS) is 12.0. The molecule has 0 aliphatic rings. The summed E-state index contributed by atoms with van der Waals surface area (Å²) in [5.41, 5.74) is 2.91.